The molecule has 110 valence electrons. The first-order valence-corrected chi connectivity index (χ1v) is 6.66. The molecule has 20 heavy (non-hydrogen) atoms. The highest BCUT2D eigenvalue weighted by Crippen LogP contribution is 2.32. The summed E-state index contributed by atoms with van der Waals surface area (Å²) in [5, 5.41) is 2.66. The molecule has 1 heterocycles. The number of halogens is 1. The van der Waals surface area contributed by atoms with Crippen LogP contribution in [0.2, 0.25) is 0 Å². The van der Waals surface area contributed by atoms with Crippen molar-refractivity contribution in [1.29, 1.82) is 0 Å². The molecule has 1 aliphatic heterocycles. The van der Waals surface area contributed by atoms with Gasteiger partial charge in [-0.05, 0) is 12.8 Å². The van der Waals surface area contributed by atoms with Gasteiger partial charge in [-0.2, -0.15) is 0 Å². The van der Waals surface area contributed by atoms with Gasteiger partial charge in [-0.3, -0.25) is 4.79 Å². The van der Waals surface area contributed by atoms with Gasteiger partial charge in [0, 0.05) is 38.2 Å². The third-order valence-corrected chi connectivity index (χ3v) is 3.75. The van der Waals surface area contributed by atoms with Crippen LogP contribution in [-0.2, 0) is 4.79 Å². The Balaban J connectivity index is 2.12. The number of hydrogen-bond donors (Lipinski definition) is 2. The van der Waals surface area contributed by atoms with Crippen LogP contribution in [-0.4, -0.2) is 33.2 Å². The Bertz CT molecular complexity index is 499. The maximum atomic E-state index is 14.0. The zero-order valence-corrected chi connectivity index (χ0v) is 11.8. The van der Waals surface area contributed by atoms with Gasteiger partial charge in [0.15, 0.2) is 0 Å². The highest BCUT2D eigenvalue weighted by Gasteiger charge is 2.26. The molecule has 0 unspecified atom stereocenters. The molecular weight excluding hydrogens is 261 g/mol. The molecule has 5 nitrogen and oxygen atoms in total. The number of carbonyl (C=O) groups is 1. The molecule has 0 aliphatic carbocycles. The van der Waals surface area contributed by atoms with E-state index >= 15 is 0 Å². The van der Waals surface area contributed by atoms with Crippen LogP contribution in [0.25, 0.3) is 0 Å². The lowest BCUT2D eigenvalue weighted by Crippen LogP contribution is -2.39. The fraction of sp³-hybridized carbons (Fsp3) is 0.500. The SMILES string of the molecule is CNC(=O)C1CCN(c2cc(OC)c(N)cc2F)CC1. The second-order valence-corrected chi connectivity index (χ2v) is 4.92. The van der Waals surface area contributed by atoms with E-state index in [1.807, 2.05) is 4.90 Å². The van der Waals surface area contributed by atoms with E-state index in [2.05, 4.69) is 5.32 Å². The number of nitrogens with two attached hydrogens (primary N) is 1. The summed E-state index contributed by atoms with van der Waals surface area (Å²) in [5.41, 5.74) is 6.44. The van der Waals surface area contributed by atoms with Crippen molar-refractivity contribution < 1.29 is 13.9 Å². The summed E-state index contributed by atoms with van der Waals surface area (Å²) in [4.78, 5) is 13.5. The number of nitrogen functional groups attached to an aromatic ring is 1. The van der Waals surface area contributed by atoms with Crippen molar-refractivity contribution in [2.24, 2.45) is 5.92 Å². The predicted octanol–water partition coefficient (Wildman–Crippen LogP) is 1.38. The molecule has 1 saturated heterocycles. The molecule has 1 aliphatic rings. The van der Waals surface area contributed by atoms with Crippen molar-refractivity contribution >= 4 is 17.3 Å². The minimum atomic E-state index is -0.360. The van der Waals surface area contributed by atoms with E-state index < -0.39 is 0 Å². The lowest BCUT2D eigenvalue weighted by atomic mass is 9.95. The number of rotatable bonds is 3. The van der Waals surface area contributed by atoms with Crippen LogP contribution in [0.5, 0.6) is 5.75 Å². The number of nitrogens with zero attached hydrogens (tertiary/aromatic N) is 1. The van der Waals surface area contributed by atoms with E-state index in [1.165, 1.54) is 13.2 Å². The lowest BCUT2D eigenvalue weighted by Gasteiger charge is -2.33. The first-order valence-electron chi connectivity index (χ1n) is 6.66. The molecule has 0 radical (unpaired) electrons. The highest BCUT2D eigenvalue weighted by atomic mass is 19.1. The first-order chi connectivity index (χ1) is 9.56. The number of amides is 1. The van der Waals surface area contributed by atoms with Gasteiger partial charge in [0.1, 0.15) is 11.6 Å². The van der Waals surface area contributed by atoms with E-state index in [1.54, 1.807) is 13.1 Å². The average molecular weight is 281 g/mol. The summed E-state index contributed by atoms with van der Waals surface area (Å²) in [5.74, 6) is 0.173. The van der Waals surface area contributed by atoms with Crippen LogP contribution in [0, 0.1) is 11.7 Å². The molecule has 0 bridgehead atoms. The molecule has 3 N–H and O–H groups in total. The van der Waals surface area contributed by atoms with E-state index in [0.29, 0.717) is 37.4 Å². The van der Waals surface area contributed by atoms with Gasteiger partial charge in [-0.1, -0.05) is 0 Å². The van der Waals surface area contributed by atoms with Crippen molar-refractivity contribution in [2.75, 3.05) is 37.9 Å². The molecular formula is C14H20FN3O2. The first kappa shape index (κ1) is 14.4. The average Bonchev–Trinajstić information content (AvgIpc) is 2.47. The van der Waals surface area contributed by atoms with Crippen LogP contribution >= 0.6 is 0 Å². The third kappa shape index (κ3) is 2.79. The molecule has 1 amide bonds. The summed E-state index contributed by atoms with van der Waals surface area (Å²) in [7, 11) is 3.14. The Kier molecular flexibility index (Phi) is 4.32. The molecule has 0 spiro atoms. The number of piperidine rings is 1. The monoisotopic (exact) mass is 281 g/mol. The Labute approximate surface area is 117 Å². The highest BCUT2D eigenvalue weighted by molar-refractivity contribution is 5.78. The van der Waals surface area contributed by atoms with Crippen molar-refractivity contribution in [1.82, 2.24) is 5.32 Å². The van der Waals surface area contributed by atoms with Crippen molar-refractivity contribution in [3.63, 3.8) is 0 Å². The molecule has 2 rings (SSSR count). The van der Waals surface area contributed by atoms with Gasteiger partial charge in [-0.15, -0.1) is 0 Å². The fourth-order valence-electron chi connectivity index (χ4n) is 2.56. The molecule has 6 heteroatoms. The normalized spacial score (nSPS) is 16.1. The lowest BCUT2D eigenvalue weighted by molar-refractivity contribution is -0.125. The molecule has 1 aromatic rings. The number of hydrogen-bond acceptors (Lipinski definition) is 4. The van der Waals surface area contributed by atoms with E-state index in [0.717, 1.165) is 0 Å². The van der Waals surface area contributed by atoms with Gasteiger partial charge in [0.05, 0.1) is 18.5 Å². The molecule has 1 fully saturated rings. The minimum absolute atomic E-state index is 0.00925. The van der Waals surface area contributed by atoms with Gasteiger partial charge >= 0.3 is 0 Å². The second kappa shape index (κ2) is 5.98. The minimum Gasteiger partial charge on any atom is -0.495 e. The molecule has 0 aromatic heterocycles. The number of ether oxygens (including phenoxy) is 1. The summed E-state index contributed by atoms with van der Waals surface area (Å²) < 4.78 is 19.1. The maximum Gasteiger partial charge on any atom is 0.222 e. The van der Waals surface area contributed by atoms with Crippen LogP contribution in [0.15, 0.2) is 12.1 Å². The van der Waals surface area contributed by atoms with Gasteiger partial charge in [0.25, 0.3) is 0 Å². The Morgan fingerprint density at radius 3 is 2.65 bits per heavy atom. The Morgan fingerprint density at radius 1 is 1.45 bits per heavy atom. The Morgan fingerprint density at radius 2 is 2.10 bits per heavy atom. The van der Waals surface area contributed by atoms with E-state index in [4.69, 9.17) is 10.5 Å². The summed E-state index contributed by atoms with van der Waals surface area (Å²) in [6.45, 7) is 1.28. The quantitative estimate of drug-likeness (QED) is 0.821. The molecule has 0 atom stereocenters. The van der Waals surface area contributed by atoms with Crippen LogP contribution < -0.4 is 20.7 Å². The van der Waals surface area contributed by atoms with Crippen molar-refractivity contribution in [3.05, 3.63) is 17.9 Å². The number of anilines is 2. The van der Waals surface area contributed by atoms with Gasteiger partial charge in [0.2, 0.25) is 5.91 Å². The molecule has 1 aromatic carbocycles. The smallest absolute Gasteiger partial charge is 0.222 e. The standard InChI is InChI=1S/C14H20FN3O2/c1-17-14(19)9-3-5-18(6-4-9)12-8-13(20-2)11(16)7-10(12)15/h7-9H,3-6,16H2,1-2H3,(H,17,19). The number of nitrogens with one attached hydrogen (secondary N) is 1. The number of benzene rings is 1. The topological polar surface area (TPSA) is 67.6 Å². The largest absolute Gasteiger partial charge is 0.495 e. The van der Waals surface area contributed by atoms with E-state index in [-0.39, 0.29) is 23.3 Å². The van der Waals surface area contributed by atoms with Crippen LogP contribution in [0.4, 0.5) is 15.8 Å². The third-order valence-electron chi connectivity index (χ3n) is 3.75. The maximum absolute atomic E-state index is 14.0. The summed E-state index contributed by atoms with van der Waals surface area (Å²) in [6, 6.07) is 2.89. The zero-order valence-electron chi connectivity index (χ0n) is 11.8. The predicted molar refractivity (Wildman–Crippen MR) is 76.4 cm³/mol. The van der Waals surface area contributed by atoms with Crippen LogP contribution in [0.3, 0.4) is 0 Å². The summed E-state index contributed by atoms with van der Waals surface area (Å²) in [6.07, 6.45) is 1.43. The van der Waals surface area contributed by atoms with Gasteiger partial charge < -0.3 is 20.7 Å². The van der Waals surface area contributed by atoms with Crippen LogP contribution in [0.1, 0.15) is 12.8 Å². The molecule has 0 saturated carbocycles. The van der Waals surface area contributed by atoms with E-state index in [9.17, 15) is 9.18 Å². The summed E-state index contributed by atoms with van der Waals surface area (Å²) >= 11 is 0. The zero-order chi connectivity index (χ0) is 14.7. The fourth-order valence-corrected chi connectivity index (χ4v) is 2.56. The van der Waals surface area contributed by atoms with Crippen molar-refractivity contribution in [3.8, 4) is 5.75 Å². The van der Waals surface area contributed by atoms with Crippen molar-refractivity contribution in [2.45, 2.75) is 12.8 Å². The Hall–Kier alpha value is -1.98. The number of carbonyl (C=O) groups excluding carboxylic acids is 1. The second-order valence-electron chi connectivity index (χ2n) is 4.92. The number of methoxy groups -OCH3 is 1. The van der Waals surface area contributed by atoms with Gasteiger partial charge in [-0.25, -0.2) is 4.39 Å².